The lowest BCUT2D eigenvalue weighted by Gasteiger charge is -2.09. The van der Waals surface area contributed by atoms with E-state index in [1.165, 1.54) is 12.1 Å². The lowest BCUT2D eigenvalue weighted by atomic mass is 10.1. The zero-order valence-corrected chi connectivity index (χ0v) is 11.7. The minimum atomic E-state index is -4.31. The molecule has 22 heavy (non-hydrogen) atoms. The number of H-pyrrole nitrogens is 1. The number of benzene rings is 2. The van der Waals surface area contributed by atoms with Gasteiger partial charge in [-0.15, -0.1) is 0 Å². The van der Waals surface area contributed by atoms with Gasteiger partial charge >= 0.3 is 6.18 Å². The van der Waals surface area contributed by atoms with E-state index in [1.807, 2.05) is 24.4 Å². The van der Waals surface area contributed by atoms with Crippen molar-refractivity contribution in [3.63, 3.8) is 0 Å². The molecule has 1 aromatic heterocycles. The smallest absolute Gasteiger partial charge is 0.416 e. The molecule has 0 saturated carbocycles. The van der Waals surface area contributed by atoms with Crippen molar-refractivity contribution >= 4 is 10.9 Å². The van der Waals surface area contributed by atoms with Crippen LogP contribution in [0.1, 0.15) is 11.1 Å². The van der Waals surface area contributed by atoms with E-state index in [0.717, 1.165) is 28.6 Å². The minimum absolute atomic E-state index is 0.418. The van der Waals surface area contributed by atoms with Crippen LogP contribution in [-0.2, 0) is 12.6 Å². The van der Waals surface area contributed by atoms with Gasteiger partial charge in [0, 0.05) is 18.1 Å². The van der Waals surface area contributed by atoms with Crippen LogP contribution < -0.4 is 4.74 Å². The molecule has 3 rings (SSSR count). The first-order valence-corrected chi connectivity index (χ1v) is 6.88. The molecule has 0 aliphatic heterocycles. The van der Waals surface area contributed by atoms with Crippen molar-refractivity contribution in [3.05, 3.63) is 65.9 Å². The third-order valence-electron chi connectivity index (χ3n) is 3.46. The quantitative estimate of drug-likeness (QED) is 0.735. The Bertz CT molecular complexity index is 759. The number of rotatable bonds is 4. The van der Waals surface area contributed by atoms with E-state index in [-0.39, 0.29) is 0 Å². The molecule has 2 aromatic carbocycles. The topological polar surface area (TPSA) is 25.0 Å². The molecule has 0 radical (unpaired) electrons. The molecule has 2 nitrogen and oxygen atoms in total. The van der Waals surface area contributed by atoms with Crippen molar-refractivity contribution in [2.45, 2.75) is 12.6 Å². The minimum Gasteiger partial charge on any atom is -0.493 e. The summed E-state index contributed by atoms with van der Waals surface area (Å²) in [6.45, 7) is 0.418. The Morgan fingerprint density at radius 2 is 1.73 bits per heavy atom. The van der Waals surface area contributed by atoms with E-state index < -0.39 is 11.7 Å². The van der Waals surface area contributed by atoms with Gasteiger partial charge in [0.2, 0.25) is 0 Å². The third-order valence-corrected chi connectivity index (χ3v) is 3.46. The lowest BCUT2D eigenvalue weighted by molar-refractivity contribution is -0.137. The summed E-state index contributed by atoms with van der Waals surface area (Å²) in [5.41, 5.74) is 1.53. The molecule has 0 aliphatic carbocycles. The summed E-state index contributed by atoms with van der Waals surface area (Å²) in [6, 6.07) is 12.8. The summed E-state index contributed by atoms with van der Waals surface area (Å²) < 4.78 is 42.8. The van der Waals surface area contributed by atoms with Crippen LogP contribution in [0.3, 0.4) is 0 Å². The molecule has 0 atom stereocenters. The highest BCUT2D eigenvalue weighted by Gasteiger charge is 2.29. The van der Waals surface area contributed by atoms with Gasteiger partial charge in [-0.25, -0.2) is 0 Å². The van der Waals surface area contributed by atoms with Crippen LogP contribution in [-0.4, -0.2) is 11.6 Å². The number of fused-ring (bicyclic) bond motifs is 1. The zero-order chi connectivity index (χ0) is 15.6. The standard InChI is InChI=1S/C17H14F3NO/c18-17(19,20)14-2-4-15(5-3-14)22-10-8-12-1-6-16-13(11-12)7-9-21-16/h1-7,9,11,21H,8,10H2. The van der Waals surface area contributed by atoms with Gasteiger partial charge in [0.1, 0.15) is 5.75 Å². The molecule has 0 bridgehead atoms. The van der Waals surface area contributed by atoms with Crippen LogP contribution in [0.4, 0.5) is 13.2 Å². The van der Waals surface area contributed by atoms with Crippen LogP contribution in [0.15, 0.2) is 54.7 Å². The fourth-order valence-corrected chi connectivity index (χ4v) is 2.29. The second kappa shape index (κ2) is 5.75. The Kier molecular flexibility index (Phi) is 3.79. The molecular formula is C17H14F3NO. The van der Waals surface area contributed by atoms with Crippen molar-refractivity contribution in [2.24, 2.45) is 0 Å². The van der Waals surface area contributed by atoms with Gasteiger partial charge in [-0.3, -0.25) is 0 Å². The van der Waals surface area contributed by atoms with Crippen LogP contribution in [0.5, 0.6) is 5.75 Å². The van der Waals surface area contributed by atoms with Crippen LogP contribution in [0.25, 0.3) is 10.9 Å². The fraction of sp³-hybridized carbons (Fsp3) is 0.176. The first-order valence-electron chi connectivity index (χ1n) is 6.88. The maximum atomic E-state index is 12.5. The van der Waals surface area contributed by atoms with Gasteiger partial charge in [0.15, 0.2) is 0 Å². The number of aromatic nitrogens is 1. The third kappa shape index (κ3) is 3.24. The SMILES string of the molecule is FC(F)(F)c1ccc(OCCc2ccc3[nH]ccc3c2)cc1. The number of alkyl halides is 3. The Balaban J connectivity index is 1.58. The van der Waals surface area contributed by atoms with Gasteiger partial charge in [-0.1, -0.05) is 6.07 Å². The second-order valence-corrected chi connectivity index (χ2v) is 5.02. The maximum Gasteiger partial charge on any atom is 0.416 e. The number of aromatic amines is 1. The van der Waals surface area contributed by atoms with E-state index in [2.05, 4.69) is 11.1 Å². The molecule has 0 amide bonds. The zero-order valence-electron chi connectivity index (χ0n) is 11.7. The van der Waals surface area contributed by atoms with E-state index in [1.54, 1.807) is 0 Å². The van der Waals surface area contributed by atoms with E-state index in [0.29, 0.717) is 18.8 Å². The fourth-order valence-electron chi connectivity index (χ4n) is 2.29. The molecule has 114 valence electrons. The highest BCUT2D eigenvalue weighted by atomic mass is 19.4. The first kappa shape index (κ1) is 14.5. The molecule has 5 heteroatoms. The lowest BCUT2D eigenvalue weighted by Crippen LogP contribution is -2.05. The molecule has 0 aliphatic rings. The summed E-state index contributed by atoms with van der Waals surface area (Å²) in [7, 11) is 0. The van der Waals surface area contributed by atoms with Gasteiger partial charge in [0.25, 0.3) is 0 Å². The highest BCUT2D eigenvalue weighted by molar-refractivity contribution is 5.79. The Labute approximate surface area is 125 Å². The predicted octanol–water partition coefficient (Wildman–Crippen LogP) is 4.81. The predicted molar refractivity (Wildman–Crippen MR) is 78.9 cm³/mol. The summed E-state index contributed by atoms with van der Waals surface area (Å²) in [5, 5.41) is 1.13. The number of halogens is 3. The Morgan fingerprint density at radius 3 is 2.45 bits per heavy atom. The van der Waals surface area contributed by atoms with Gasteiger partial charge in [-0.05, 0) is 53.4 Å². The van der Waals surface area contributed by atoms with Crippen molar-refractivity contribution in [1.29, 1.82) is 0 Å². The van der Waals surface area contributed by atoms with Crippen LogP contribution >= 0.6 is 0 Å². The van der Waals surface area contributed by atoms with E-state index in [4.69, 9.17) is 4.74 Å². The molecule has 3 aromatic rings. The molecule has 1 heterocycles. The van der Waals surface area contributed by atoms with Crippen molar-refractivity contribution in [3.8, 4) is 5.75 Å². The number of nitrogens with one attached hydrogen (secondary N) is 1. The molecule has 0 unspecified atom stereocenters. The molecule has 0 saturated heterocycles. The number of hydrogen-bond donors (Lipinski definition) is 1. The Hall–Kier alpha value is -2.43. The largest absolute Gasteiger partial charge is 0.493 e. The highest BCUT2D eigenvalue weighted by Crippen LogP contribution is 2.30. The average molecular weight is 305 g/mol. The normalized spacial score (nSPS) is 11.8. The summed E-state index contributed by atoms with van der Waals surface area (Å²) >= 11 is 0. The first-order chi connectivity index (χ1) is 10.5. The Morgan fingerprint density at radius 1 is 0.955 bits per heavy atom. The molecule has 1 N–H and O–H groups in total. The molecule has 0 spiro atoms. The summed E-state index contributed by atoms with van der Waals surface area (Å²) in [5.74, 6) is 0.440. The summed E-state index contributed by atoms with van der Waals surface area (Å²) in [6.07, 6.45) is -1.74. The second-order valence-electron chi connectivity index (χ2n) is 5.02. The average Bonchev–Trinajstić information content (AvgIpc) is 2.94. The van der Waals surface area contributed by atoms with Gasteiger partial charge in [0.05, 0.1) is 12.2 Å². The molecule has 0 fully saturated rings. The van der Waals surface area contributed by atoms with Crippen LogP contribution in [0, 0.1) is 0 Å². The number of ether oxygens (including phenoxy) is 1. The van der Waals surface area contributed by atoms with Crippen molar-refractivity contribution < 1.29 is 17.9 Å². The van der Waals surface area contributed by atoms with E-state index >= 15 is 0 Å². The number of hydrogen-bond acceptors (Lipinski definition) is 1. The van der Waals surface area contributed by atoms with Crippen LogP contribution in [0.2, 0.25) is 0 Å². The van der Waals surface area contributed by atoms with Crippen molar-refractivity contribution in [1.82, 2.24) is 4.98 Å². The summed E-state index contributed by atoms with van der Waals surface area (Å²) in [4.78, 5) is 3.12. The van der Waals surface area contributed by atoms with Gasteiger partial charge < -0.3 is 9.72 Å². The van der Waals surface area contributed by atoms with E-state index in [9.17, 15) is 13.2 Å². The molecular weight excluding hydrogens is 291 g/mol. The maximum absolute atomic E-state index is 12.5. The van der Waals surface area contributed by atoms with Gasteiger partial charge in [-0.2, -0.15) is 13.2 Å². The monoisotopic (exact) mass is 305 g/mol. The van der Waals surface area contributed by atoms with Crippen molar-refractivity contribution in [2.75, 3.05) is 6.61 Å².